The smallest absolute Gasteiger partial charge is 0.262 e. The first-order valence-electron chi connectivity index (χ1n) is 7.12. The minimum Gasteiger partial charge on any atom is -0.369 e. The summed E-state index contributed by atoms with van der Waals surface area (Å²) in [5.41, 5.74) is 5.93. The topological polar surface area (TPSA) is 114 Å². The zero-order valence-corrected chi connectivity index (χ0v) is 14.2. The van der Waals surface area contributed by atoms with Gasteiger partial charge >= 0.3 is 0 Å². The fraction of sp³-hybridized carbons (Fsp3) is 0.538. The van der Waals surface area contributed by atoms with E-state index >= 15 is 0 Å². The van der Waals surface area contributed by atoms with Crippen LogP contribution in [0.1, 0.15) is 12.6 Å². The Morgan fingerprint density at radius 1 is 1.35 bits per heavy atom. The van der Waals surface area contributed by atoms with Gasteiger partial charge in [-0.05, 0) is 22.6 Å². The first-order valence-corrected chi connectivity index (χ1v) is 8.19. The van der Waals surface area contributed by atoms with Crippen molar-refractivity contribution >= 4 is 39.6 Å². The summed E-state index contributed by atoms with van der Waals surface area (Å²) in [5, 5.41) is 0.508. The van der Waals surface area contributed by atoms with Crippen LogP contribution in [-0.2, 0) is 18.9 Å². The number of rotatable bonds is 1. The Morgan fingerprint density at radius 3 is 3.09 bits per heavy atom. The van der Waals surface area contributed by atoms with Gasteiger partial charge in [0, 0.05) is 16.2 Å². The van der Waals surface area contributed by atoms with Crippen molar-refractivity contribution in [1.82, 2.24) is 14.5 Å². The standard InChI is InChI=1S/C13H15IN4O5/c14-6-2-18(11-10(6)12(19)17-13(15)16-11)9-1-7-8(23-9)3-20-4-21-5-22-7/h2,7-9H,1,3-5H2,(H3,15,16,17,19)/t7?,8-,9+/m0/s1. The molecule has 9 nitrogen and oxygen atoms in total. The predicted octanol–water partition coefficient (Wildman–Crippen LogP) is 0.546. The Kier molecular flexibility index (Phi) is 4.01. The van der Waals surface area contributed by atoms with Crippen molar-refractivity contribution in [2.75, 3.05) is 25.9 Å². The van der Waals surface area contributed by atoms with Crippen molar-refractivity contribution in [3.63, 3.8) is 0 Å². The Balaban J connectivity index is 1.71. The van der Waals surface area contributed by atoms with Crippen LogP contribution < -0.4 is 11.3 Å². The van der Waals surface area contributed by atoms with E-state index in [1.165, 1.54) is 0 Å². The molecule has 2 saturated heterocycles. The summed E-state index contributed by atoms with van der Waals surface area (Å²) in [7, 11) is 0. The van der Waals surface area contributed by atoms with Crippen molar-refractivity contribution < 1.29 is 18.9 Å². The SMILES string of the molecule is Nc1nc2c(c(I)cn2[C@H]2CC3OCOCOC[C@@H]3O2)c(=O)[nH]1. The summed E-state index contributed by atoms with van der Waals surface area (Å²) in [6, 6.07) is 0. The normalized spacial score (nSPS) is 28.5. The summed E-state index contributed by atoms with van der Waals surface area (Å²) >= 11 is 2.10. The number of aromatic amines is 1. The van der Waals surface area contributed by atoms with Crippen LogP contribution in [-0.4, -0.2) is 46.9 Å². The molecule has 0 aliphatic carbocycles. The lowest BCUT2D eigenvalue weighted by atomic mass is 10.2. The van der Waals surface area contributed by atoms with E-state index < -0.39 is 0 Å². The van der Waals surface area contributed by atoms with Gasteiger partial charge in [0.05, 0.1) is 18.1 Å². The molecule has 124 valence electrons. The lowest BCUT2D eigenvalue weighted by molar-refractivity contribution is -0.200. The quantitative estimate of drug-likeness (QED) is 0.631. The molecule has 4 heterocycles. The molecule has 3 atom stereocenters. The van der Waals surface area contributed by atoms with Gasteiger partial charge in [0.15, 0.2) is 5.65 Å². The number of fused-ring (bicyclic) bond motifs is 2. The van der Waals surface area contributed by atoms with Crippen LogP contribution in [0.15, 0.2) is 11.0 Å². The molecule has 4 rings (SSSR count). The molecule has 2 aliphatic heterocycles. The van der Waals surface area contributed by atoms with Gasteiger partial charge in [0.2, 0.25) is 5.95 Å². The maximum absolute atomic E-state index is 12.1. The Labute approximate surface area is 144 Å². The highest BCUT2D eigenvalue weighted by Crippen LogP contribution is 2.34. The lowest BCUT2D eigenvalue weighted by Gasteiger charge is -2.21. The molecule has 2 aromatic rings. The minimum absolute atomic E-state index is 0.0789. The maximum atomic E-state index is 12.1. The number of nitrogens with zero attached hydrogens (tertiary/aromatic N) is 2. The fourth-order valence-corrected chi connectivity index (χ4v) is 3.72. The van der Waals surface area contributed by atoms with E-state index in [2.05, 4.69) is 32.6 Å². The molecule has 0 aromatic carbocycles. The number of hydrogen-bond acceptors (Lipinski definition) is 7. The summed E-state index contributed by atoms with van der Waals surface area (Å²) in [5.74, 6) is 0.0789. The number of nitrogen functional groups attached to an aromatic ring is 1. The number of hydrogen-bond donors (Lipinski definition) is 2. The highest BCUT2D eigenvalue weighted by atomic mass is 127. The summed E-state index contributed by atoms with van der Waals surface area (Å²) in [6.45, 7) is 0.759. The predicted molar refractivity (Wildman–Crippen MR) is 87.7 cm³/mol. The Bertz CT molecular complexity index is 774. The first kappa shape index (κ1) is 15.3. The van der Waals surface area contributed by atoms with Gasteiger partial charge in [0.1, 0.15) is 25.9 Å². The molecule has 2 fully saturated rings. The molecule has 1 unspecified atom stereocenters. The third-order valence-corrected chi connectivity index (χ3v) is 4.78. The monoisotopic (exact) mass is 434 g/mol. The lowest BCUT2D eigenvalue weighted by Crippen LogP contribution is -2.32. The number of H-pyrrole nitrogens is 1. The molecular weight excluding hydrogens is 419 g/mol. The number of anilines is 1. The van der Waals surface area contributed by atoms with Gasteiger partial charge < -0.3 is 29.2 Å². The van der Waals surface area contributed by atoms with Crippen molar-refractivity contribution in [2.24, 2.45) is 0 Å². The Morgan fingerprint density at radius 2 is 2.22 bits per heavy atom. The average molecular weight is 434 g/mol. The molecule has 23 heavy (non-hydrogen) atoms. The van der Waals surface area contributed by atoms with Gasteiger partial charge in [0.25, 0.3) is 5.56 Å². The number of halogens is 1. The van der Waals surface area contributed by atoms with E-state index in [1.54, 1.807) is 0 Å². The summed E-state index contributed by atoms with van der Waals surface area (Å²) < 4.78 is 24.9. The number of ether oxygens (including phenoxy) is 4. The van der Waals surface area contributed by atoms with Crippen LogP contribution in [0.5, 0.6) is 0 Å². The largest absolute Gasteiger partial charge is 0.369 e. The second-order valence-electron chi connectivity index (χ2n) is 5.41. The van der Waals surface area contributed by atoms with E-state index in [4.69, 9.17) is 24.7 Å². The molecule has 0 saturated carbocycles. The van der Waals surface area contributed by atoms with Crippen molar-refractivity contribution in [3.05, 3.63) is 20.1 Å². The molecule has 0 bridgehead atoms. The van der Waals surface area contributed by atoms with Crippen molar-refractivity contribution in [3.8, 4) is 0 Å². The van der Waals surface area contributed by atoms with E-state index in [9.17, 15) is 4.79 Å². The Hall–Kier alpha value is -1.21. The average Bonchev–Trinajstić information content (AvgIpc) is 3.00. The molecule has 0 amide bonds. The zero-order chi connectivity index (χ0) is 16.0. The minimum atomic E-state index is -0.300. The van der Waals surface area contributed by atoms with Crippen LogP contribution in [0, 0.1) is 3.57 Å². The van der Waals surface area contributed by atoms with E-state index in [0.29, 0.717) is 24.1 Å². The number of nitrogens with two attached hydrogens (primary N) is 1. The maximum Gasteiger partial charge on any atom is 0.262 e. The second kappa shape index (κ2) is 6.02. The molecular formula is C13H15IN4O5. The molecule has 3 N–H and O–H groups in total. The fourth-order valence-electron chi connectivity index (χ4n) is 2.94. The van der Waals surface area contributed by atoms with Crippen LogP contribution in [0.3, 0.4) is 0 Å². The number of aromatic nitrogens is 3. The van der Waals surface area contributed by atoms with Crippen LogP contribution in [0.4, 0.5) is 5.95 Å². The molecule has 2 aromatic heterocycles. The number of nitrogens with one attached hydrogen (secondary N) is 1. The molecule has 10 heteroatoms. The highest BCUT2D eigenvalue weighted by molar-refractivity contribution is 14.1. The third kappa shape index (κ3) is 2.74. The van der Waals surface area contributed by atoms with Gasteiger partial charge in [-0.2, -0.15) is 4.98 Å². The van der Waals surface area contributed by atoms with Crippen molar-refractivity contribution in [2.45, 2.75) is 24.9 Å². The zero-order valence-electron chi connectivity index (χ0n) is 12.0. The van der Waals surface area contributed by atoms with E-state index in [-0.39, 0.29) is 43.5 Å². The highest BCUT2D eigenvalue weighted by Gasteiger charge is 2.38. The van der Waals surface area contributed by atoms with Crippen LogP contribution in [0.2, 0.25) is 0 Å². The molecule has 0 radical (unpaired) electrons. The molecule has 2 aliphatic rings. The summed E-state index contributed by atoms with van der Waals surface area (Å²) in [4.78, 5) is 18.9. The van der Waals surface area contributed by atoms with Gasteiger partial charge in [-0.15, -0.1) is 0 Å². The first-order chi connectivity index (χ1) is 11.1. The third-order valence-electron chi connectivity index (χ3n) is 3.96. The van der Waals surface area contributed by atoms with Crippen molar-refractivity contribution in [1.29, 1.82) is 0 Å². The second-order valence-corrected chi connectivity index (χ2v) is 6.58. The molecule has 0 spiro atoms. The van der Waals surface area contributed by atoms with E-state index in [1.807, 2.05) is 10.8 Å². The van der Waals surface area contributed by atoms with Crippen LogP contribution >= 0.6 is 22.6 Å². The summed E-state index contributed by atoms with van der Waals surface area (Å²) in [6.07, 6.45) is 1.85. The van der Waals surface area contributed by atoms with Crippen LogP contribution in [0.25, 0.3) is 11.0 Å². The van der Waals surface area contributed by atoms with Gasteiger partial charge in [-0.1, -0.05) is 0 Å². The van der Waals surface area contributed by atoms with Gasteiger partial charge in [-0.3, -0.25) is 9.78 Å². The van der Waals surface area contributed by atoms with E-state index in [0.717, 1.165) is 3.57 Å². The van der Waals surface area contributed by atoms with Gasteiger partial charge in [-0.25, -0.2) is 0 Å².